The van der Waals surface area contributed by atoms with E-state index in [0.717, 1.165) is 4.90 Å². The molecule has 0 spiro atoms. The number of benzene rings is 2. The van der Waals surface area contributed by atoms with Gasteiger partial charge in [0.25, 0.3) is 11.8 Å². The SMILES string of the molecule is CNC(=O)c1cc(-c2ccccc2)c2c(n1)OCCN(Cc1cc(C(F)(F)F)cc(C(F)(F)F)c1)C2=O. The molecule has 0 saturated carbocycles. The molecule has 12 heteroatoms. The predicted molar refractivity (Wildman–Crippen MR) is 120 cm³/mol. The molecular formula is C25H19F6N3O3. The van der Waals surface area contributed by atoms with Gasteiger partial charge in [-0.1, -0.05) is 30.3 Å². The molecule has 1 aliphatic heterocycles. The number of amides is 2. The topological polar surface area (TPSA) is 71.5 Å². The van der Waals surface area contributed by atoms with Crippen LogP contribution in [-0.4, -0.2) is 41.9 Å². The van der Waals surface area contributed by atoms with Crippen LogP contribution < -0.4 is 10.1 Å². The molecule has 2 heterocycles. The molecule has 2 amide bonds. The molecule has 6 nitrogen and oxygen atoms in total. The quantitative estimate of drug-likeness (QED) is 0.479. The average Bonchev–Trinajstić information content (AvgIpc) is 3.00. The highest BCUT2D eigenvalue weighted by atomic mass is 19.4. The maximum atomic E-state index is 13.6. The summed E-state index contributed by atoms with van der Waals surface area (Å²) in [6.45, 7) is -0.835. The molecule has 1 aromatic heterocycles. The number of aromatic nitrogens is 1. The Balaban J connectivity index is 1.80. The van der Waals surface area contributed by atoms with Crippen molar-refractivity contribution in [3.8, 4) is 17.0 Å². The summed E-state index contributed by atoms with van der Waals surface area (Å²) >= 11 is 0. The number of carbonyl (C=O) groups excluding carboxylic acids is 2. The van der Waals surface area contributed by atoms with E-state index in [0.29, 0.717) is 17.7 Å². The number of nitrogens with one attached hydrogen (secondary N) is 1. The Hall–Kier alpha value is -4.09. The van der Waals surface area contributed by atoms with E-state index in [9.17, 15) is 35.9 Å². The van der Waals surface area contributed by atoms with Crippen LogP contribution in [0.15, 0.2) is 54.6 Å². The zero-order valence-electron chi connectivity index (χ0n) is 19.2. The minimum absolute atomic E-state index is 0.0316. The molecule has 194 valence electrons. The van der Waals surface area contributed by atoms with E-state index < -0.39 is 41.8 Å². The summed E-state index contributed by atoms with van der Waals surface area (Å²) < 4.78 is 85.5. The van der Waals surface area contributed by atoms with E-state index in [-0.39, 0.29) is 47.5 Å². The van der Waals surface area contributed by atoms with Crippen molar-refractivity contribution < 1.29 is 40.7 Å². The lowest BCUT2D eigenvalue weighted by molar-refractivity contribution is -0.143. The zero-order chi connectivity index (χ0) is 27.0. The Bertz CT molecular complexity index is 1310. The van der Waals surface area contributed by atoms with E-state index in [1.807, 2.05) is 0 Å². The summed E-state index contributed by atoms with van der Waals surface area (Å²) in [5, 5.41) is 2.43. The Morgan fingerprint density at radius 3 is 2.19 bits per heavy atom. The van der Waals surface area contributed by atoms with Gasteiger partial charge in [-0.15, -0.1) is 0 Å². The number of alkyl halides is 6. The predicted octanol–water partition coefficient (Wildman–Crippen LogP) is 5.18. The first-order chi connectivity index (χ1) is 17.4. The van der Waals surface area contributed by atoms with Crippen molar-refractivity contribution in [3.05, 3.63) is 82.5 Å². The average molecular weight is 523 g/mol. The number of carbonyl (C=O) groups is 2. The van der Waals surface area contributed by atoms with Crippen molar-refractivity contribution in [2.24, 2.45) is 0 Å². The lowest BCUT2D eigenvalue weighted by Crippen LogP contribution is -2.32. The number of fused-ring (bicyclic) bond motifs is 1. The van der Waals surface area contributed by atoms with E-state index in [1.165, 1.54) is 13.1 Å². The van der Waals surface area contributed by atoms with E-state index in [2.05, 4.69) is 10.3 Å². The van der Waals surface area contributed by atoms with Gasteiger partial charge < -0.3 is 15.0 Å². The molecule has 0 atom stereocenters. The van der Waals surface area contributed by atoms with Crippen LogP contribution in [0.1, 0.15) is 37.5 Å². The first kappa shape index (κ1) is 26.0. The Labute approximate surface area is 206 Å². The zero-order valence-corrected chi connectivity index (χ0v) is 19.2. The summed E-state index contributed by atoms with van der Waals surface area (Å²) in [7, 11) is 1.40. The minimum Gasteiger partial charge on any atom is -0.475 e. The smallest absolute Gasteiger partial charge is 0.416 e. The highest BCUT2D eigenvalue weighted by Gasteiger charge is 2.37. The van der Waals surface area contributed by atoms with Crippen molar-refractivity contribution in [1.82, 2.24) is 15.2 Å². The van der Waals surface area contributed by atoms with Crippen LogP contribution >= 0.6 is 0 Å². The molecule has 4 rings (SSSR count). The highest BCUT2D eigenvalue weighted by molar-refractivity contribution is 6.05. The van der Waals surface area contributed by atoms with Gasteiger partial charge in [0.1, 0.15) is 17.9 Å². The summed E-state index contributed by atoms with van der Waals surface area (Å²) in [5.74, 6) is -1.42. The van der Waals surface area contributed by atoms with E-state index in [1.54, 1.807) is 30.3 Å². The van der Waals surface area contributed by atoms with Crippen molar-refractivity contribution in [2.75, 3.05) is 20.2 Å². The number of nitrogens with zero attached hydrogens (tertiary/aromatic N) is 2. The van der Waals surface area contributed by atoms with Gasteiger partial charge in [0.05, 0.1) is 17.7 Å². The third-order valence-corrected chi connectivity index (χ3v) is 5.65. The monoisotopic (exact) mass is 523 g/mol. The molecular weight excluding hydrogens is 504 g/mol. The molecule has 0 aliphatic carbocycles. The normalized spacial score (nSPS) is 14.0. The van der Waals surface area contributed by atoms with Gasteiger partial charge in [-0.05, 0) is 35.4 Å². The van der Waals surface area contributed by atoms with Crippen LogP contribution in [0.5, 0.6) is 5.88 Å². The fraction of sp³-hybridized carbons (Fsp3) is 0.240. The number of hydrogen-bond donors (Lipinski definition) is 1. The fourth-order valence-corrected chi connectivity index (χ4v) is 3.92. The van der Waals surface area contributed by atoms with Crippen molar-refractivity contribution in [3.63, 3.8) is 0 Å². The second-order valence-electron chi connectivity index (χ2n) is 8.17. The van der Waals surface area contributed by atoms with E-state index in [4.69, 9.17) is 4.74 Å². The van der Waals surface area contributed by atoms with Crippen LogP contribution in [0.4, 0.5) is 26.3 Å². The van der Waals surface area contributed by atoms with Crippen LogP contribution in [0.2, 0.25) is 0 Å². The lowest BCUT2D eigenvalue weighted by Gasteiger charge is -2.22. The van der Waals surface area contributed by atoms with Gasteiger partial charge in [0, 0.05) is 19.2 Å². The molecule has 1 N–H and O–H groups in total. The number of rotatable bonds is 4. The van der Waals surface area contributed by atoms with Crippen LogP contribution in [-0.2, 0) is 18.9 Å². The first-order valence-corrected chi connectivity index (χ1v) is 10.9. The molecule has 3 aromatic rings. The number of hydrogen-bond acceptors (Lipinski definition) is 4. The number of pyridine rings is 1. The van der Waals surface area contributed by atoms with Crippen molar-refractivity contribution in [1.29, 1.82) is 0 Å². The number of ether oxygens (including phenoxy) is 1. The fourth-order valence-electron chi connectivity index (χ4n) is 3.92. The van der Waals surface area contributed by atoms with Crippen LogP contribution in [0.3, 0.4) is 0 Å². The van der Waals surface area contributed by atoms with Crippen molar-refractivity contribution in [2.45, 2.75) is 18.9 Å². The summed E-state index contributed by atoms with van der Waals surface area (Å²) in [4.78, 5) is 31.1. The first-order valence-electron chi connectivity index (χ1n) is 10.9. The molecule has 0 radical (unpaired) electrons. The maximum Gasteiger partial charge on any atom is 0.416 e. The van der Waals surface area contributed by atoms with Gasteiger partial charge in [-0.2, -0.15) is 26.3 Å². The van der Waals surface area contributed by atoms with Gasteiger partial charge in [-0.3, -0.25) is 9.59 Å². The second kappa shape index (κ2) is 9.75. The van der Waals surface area contributed by atoms with E-state index >= 15 is 0 Å². The molecule has 0 saturated heterocycles. The molecule has 0 unspecified atom stereocenters. The maximum absolute atomic E-state index is 13.6. The molecule has 0 fully saturated rings. The third kappa shape index (κ3) is 5.52. The third-order valence-electron chi connectivity index (χ3n) is 5.65. The summed E-state index contributed by atoms with van der Waals surface area (Å²) in [6, 6.07) is 11.1. The van der Waals surface area contributed by atoms with Crippen molar-refractivity contribution >= 4 is 11.8 Å². The molecule has 2 aromatic carbocycles. The van der Waals surface area contributed by atoms with Gasteiger partial charge >= 0.3 is 12.4 Å². The van der Waals surface area contributed by atoms with Gasteiger partial charge in [0.2, 0.25) is 5.88 Å². The Morgan fingerprint density at radius 1 is 1.00 bits per heavy atom. The lowest BCUT2D eigenvalue weighted by atomic mass is 9.98. The largest absolute Gasteiger partial charge is 0.475 e. The molecule has 37 heavy (non-hydrogen) atoms. The van der Waals surface area contributed by atoms with Crippen LogP contribution in [0, 0.1) is 0 Å². The number of halogens is 6. The van der Waals surface area contributed by atoms with Gasteiger partial charge in [-0.25, -0.2) is 4.98 Å². The Kier molecular flexibility index (Phi) is 6.85. The standard InChI is InChI=1S/C25H19F6N3O3/c1-32-21(35)19-12-18(15-5-3-2-4-6-15)20-22(33-19)37-8-7-34(23(20)36)13-14-9-16(24(26,27)28)11-17(10-14)25(29,30)31/h2-6,9-12H,7-8,13H2,1H3,(H,32,35). The molecule has 1 aliphatic rings. The van der Waals surface area contributed by atoms with Gasteiger partial charge in [0.15, 0.2) is 0 Å². The highest BCUT2D eigenvalue weighted by Crippen LogP contribution is 2.37. The minimum atomic E-state index is -5.02. The summed E-state index contributed by atoms with van der Waals surface area (Å²) in [6.07, 6.45) is -10.0. The molecule has 0 bridgehead atoms. The second-order valence-corrected chi connectivity index (χ2v) is 8.17. The van der Waals surface area contributed by atoms with Crippen LogP contribution in [0.25, 0.3) is 11.1 Å². The summed E-state index contributed by atoms with van der Waals surface area (Å²) in [5.41, 5.74) is -2.58. The Morgan fingerprint density at radius 2 is 1.62 bits per heavy atom.